The van der Waals surface area contributed by atoms with Gasteiger partial charge < -0.3 is 25.2 Å². The van der Waals surface area contributed by atoms with E-state index in [0.717, 1.165) is 49.9 Å². The van der Waals surface area contributed by atoms with Gasteiger partial charge in [0.05, 0.1) is 25.0 Å². The second kappa shape index (κ2) is 10.3. The van der Waals surface area contributed by atoms with Gasteiger partial charge in [-0.1, -0.05) is 12.1 Å². The number of para-hydroxylation sites is 2. The topological polar surface area (TPSA) is 70.0 Å². The number of hydrogen-bond donors (Lipinski definition) is 2. The number of guanidine groups is 1. The molecule has 0 spiro atoms. The van der Waals surface area contributed by atoms with Crippen molar-refractivity contribution in [3.8, 4) is 5.75 Å². The van der Waals surface area contributed by atoms with E-state index in [2.05, 4.69) is 62.9 Å². The van der Waals surface area contributed by atoms with Crippen LogP contribution in [0.3, 0.4) is 0 Å². The van der Waals surface area contributed by atoms with Crippen LogP contribution in [-0.4, -0.2) is 74.6 Å². The van der Waals surface area contributed by atoms with Gasteiger partial charge in [-0.2, -0.15) is 5.10 Å². The highest BCUT2D eigenvalue weighted by molar-refractivity contribution is 5.80. The molecule has 1 saturated heterocycles. The van der Waals surface area contributed by atoms with E-state index in [1.165, 1.54) is 5.56 Å². The van der Waals surface area contributed by atoms with Crippen molar-refractivity contribution in [3.63, 3.8) is 0 Å². The summed E-state index contributed by atoms with van der Waals surface area (Å²) in [5.74, 6) is 1.75. The first kappa shape index (κ1) is 22.0. The first-order valence-electron chi connectivity index (χ1n) is 10.5. The van der Waals surface area contributed by atoms with E-state index < -0.39 is 0 Å². The monoisotopic (exact) mass is 413 g/mol. The van der Waals surface area contributed by atoms with Gasteiger partial charge in [-0.15, -0.1) is 0 Å². The molecule has 8 heteroatoms. The van der Waals surface area contributed by atoms with Crippen molar-refractivity contribution in [1.82, 2.24) is 25.3 Å². The van der Waals surface area contributed by atoms with Crippen molar-refractivity contribution in [3.05, 3.63) is 42.2 Å². The SMILES string of the molecule is CN=C(NCC(c1cnn(C)c1)N(C)C)NC1CCCN(c2ccccc2OC)C1. The Labute approximate surface area is 179 Å². The fourth-order valence-corrected chi connectivity index (χ4v) is 4.00. The summed E-state index contributed by atoms with van der Waals surface area (Å²) in [6.45, 7) is 2.70. The summed E-state index contributed by atoms with van der Waals surface area (Å²) in [4.78, 5) is 9.05. The predicted molar refractivity (Wildman–Crippen MR) is 122 cm³/mol. The molecule has 0 saturated carbocycles. The van der Waals surface area contributed by atoms with Crippen LogP contribution in [0.25, 0.3) is 0 Å². The van der Waals surface area contributed by atoms with Gasteiger partial charge in [-0.05, 0) is 39.1 Å². The Kier molecular flexibility index (Phi) is 7.57. The molecule has 2 atom stereocenters. The van der Waals surface area contributed by atoms with Crippen molar-refractivity contribution < 1.29 is 4.74 Å². The number of nitrogens with one attached hydrogen (secondary N) is 2. The number of likely N-dealkylation sites (N-methyl/N-ethyl adjacent to an activating group) is 1. The van der Waals surface area contributed by atoms with Crippen molar-refractivity contribution in [2.24, 2.45) is 12.0 Å². The summed E-state index contributed by atoms with van der Waals surface area (Å²) >= 11 is 0. The third-order valence-corrected chi connectivity index (χ3v) is 5.61. The van der Waals surface area contributed by atoms with Gasteiger partial charge in [0.1, 0.15) is 5.75 Å². The van der Waals surface area contributed by atoms with Gasteiger partial charge >= 0.3 is 0 Å². The lowest BCUT2D eigenvalue weighted by molar-refractivity contribution is 0.297. The lowest BCUT2D eigenvalue weighted by atomic mass is 10.0. The smallest absolute Gasteiger partial charge is 0.191 e. The van der Waals surface area contributed by atoms with Crippen LogP contribution in [-0.2, 0) is 7.05 Å². The normalized spacial score (nSPS) is 18.4. The molecule has 164 valence electrons. The molecular weight excluding hydrogens is 378 g/mol. The lowest BCUT2D eigenvalue weighted by Gasteiger charge is -2.36. The number of aromatic nitrogens is 2. The van der Waals surface area contributed by atoms with Crippen LogP contribution >= 0.6 is 0 Å². The summed E-state index contributed by atoms with van der Waals surface area (Å²) < 4.78 is 7.40. The molecule has 2 aromatic rings. The quantitative estimate of drug-likeness (QED) is 0.533. The minimum Gasteiger partial charge on any atom is -0.495 e. The zero-order valence-electron chi connectivity index (χ0n) is 18.8. The number of rotatable bonds is 7. The average Bonchev–Trinajstić information content (AvgIpc) is 3.18. The Morgan fingerprint density at radius 2 is 2.17 bits per heavy atom. The molecule has 1 aliphatic rings. The maximum absolute atomic E-state index is 5.56. The number of ether oxygens (including phenoxy) is 1. The van der Waals surface area contributed by atoms with Crippen molar-refractivity contribution >= 4 is 11.6 Å². The van der Waals surface area contributed by atoms with Gasteiger partial charge in [0, 0.05) is 51.5 Å². The molecule has 0 aliphatic carbocycles. The number of piperidine rings is 1. The van der Waals surface area contributed by atoms with Crippen LogP contribution in [0.1, 0.15) is 24.4 Å². The van der Waals surface area contributed by atoms with E-state index in [9.17, 15) is 0 Å². The minimum absolute atomic E-state index is 0.216. The van der Waals surface area contributed by atoms with Crippen molar-refractivity contribution in [2.75, 3.05) is 52.8 Å². The summed E-state index contributed by atoms with van der Waals surface area (Å²) in [6, 6.07) is 8.77. The van der Waals surface area contributed by atoms with E-state index in [4.69, 9.17) is 4.74 Å². The number of aliphatic imine (C=N–C) groups is 1. The Morgan fingerprint density at radius 1 is 1.37 bits per heavy atom. The number of nitrogens with zero attached hydrogens (tertiary/aromatic N) is 5. The van der Waals surface area contributed by atoms with E-state index in [1.54, 1.807) is 7.11 Å². The third kappa shape index (κ3) is 5.44. The Morgan fingerprint density at radius 3 is 2.83 bits per heavy atom. The Balaban J connectivity index is 1.60. The highest BCUT2D eigenvalue weighted by Gasteiger charge is 2.23. The van der Waals surface area contributed by atoms with E-state index in [1.807, 2.05) is 37.1 Å². The summed E-state index contributed by atoms with van der Waals surface area (Å²) in [5.41, 5.74) is 2.34. The summed E-state index contributed by atoms with van der Waals surface area (Å²) in [5, 5.41) is 11.4. The number of anilines is 1. The van der Waals surface area contributed by atoms with Crippen LogP contribution in [0.2, 0.25) is 0 Å². The molecule has 1 fully saturated rings. The fourth-order valence-electron chi connectivity index (χ4n) is 4.00. The molecule has 3 rings (SSSR count). The molecule has 0 radical (unpaired) electrons. The second-order valence-electron chi connectivity index (χ2n) is 7.98. The highest BCUT2D eigenvalue weighted by atomic mass is 16.5. The standard InChI is InChI=1S/C22H35N7O/c1-23-22(24-14-20(27(2)3)17-13-25-28(4)15-17)26-18-9-8-12-29(16-18)19-10-6-7-11-21(19)30-5/h6-7,10-11,13,15,18,20H,8-9,12,14,16H2,1-5H3,(H2,23,24,26). The molecule has 1 aromatic carbocycles. The van der Waals surface area contributed by atoms with Crippen LogP contribution in [0.4, 0.5) is 5.69 Å². The molecule has 8 nitrogen and oxygen atoms in total. The molecule has 1 aromatic heterocycles. The first-order chi connectivity index (χ1) is 14.5. The minimum atomic E-state index is 0.216. The van der Waals surface area contributed by atoms with Crippen LogP contribution in [0.5, 0.6) is 5.75 Å². The maximum Gasteiger partial charge on any atom is 0.191 e. The number of benzene rings is 1. The molecule has 0 amide bonds. The molecule has 2 unspecified atom stereocenters. The van der Waals surface area contributed by atoms with Crippen molar-refractivity contribution in [1.29, 1.82) is 0 Å². The predicted octanol–water partition coefficient (Wildman–Crippen LogP) is 1.87. The number of hydrogen-bond acceptors (Lipinski definition) is 5. The van der Waals surface area contributed by atoms with Crippen LogP contribution < -0.4 is 20.3 Å². The lowest BCUT2D eigenvalue weighted by Crippen LogP contribution is -2.52. The molecule has 1 aliphatic heterocycles. The Hall–Kier alpha value is -2.74. The fraction of sp³-hybridized carbons (Fsp3) is 0.545. The molecule has 0 bridgehead atoms. The van der Waals surface area contributed by atoms with Gasteiger partial charge in [-0.3, -0.25) is 9.67 Å². The first-order valence-corrected chi connectivity index (χ1v) is 10.5. The maximum atomic E-state index is 5.56. The van der Waals surface area contributed by atoms with Gasteiger partial charge in [0.2, 0.25) is 0 Å². The zero-order chi connectivity index (χ0) is 21.5. The second-order valence-corrected chi connectivity index (χ2v) is 7.98. The average molecular weight is 414 g/mol. The van der Waals surface area contributed by atoms with E-state index in [-0.39, 0.29) is 6.04 Å². The number of methoxy groups -OCH3 is 1. The van der Waals surface area contributed by atoms with E-state index in [0.29, 0.717) is 6.04 Å². The molecular formula is C22H35N7O. The van der Waals surface area contributed by atoms with Gasteiger partial charge in [-0.25, -0.2) is 0 Å². The van der Waals surface area contributed by atoms with Crippen LogP contribution in [0, 0.1) is 0 Å². The number of aryl methyl sites for hydroxylation is 1. The largest absolute Gasteiger partial charge is 0.495 e. The van der Waals surface area contributed by atoms with Crippen molar-refractivity contribution in [2.45, 2.75) is 24.9 Å². The summed E-state index contributed by atoms with van der Waals surface area (Å²) in [6.07, 6.45) is 6.23. The summed E-state index contributed by atoms with van der Waals surface area (Å²) in [7, 11) is 9.67. The molecule has 2 N–H and O–H groups in total. The zero-order valence-corrected chi connectivity index (χ0v) is 18.8. The third-order valence-electron chi connectivity index (χ3n) is 5.61. The van der Waals surface area contributed by atoms with Gasteiger partial charge in [0.15, 0.2) is 5.96 Å². The molecule has 30 heavy (non-hydrogen) atoms. The Bertz CT molecular complexity index is 832. The van der Waals surface area contributed by atoms with Gasteiger partial charge in [0.25, 0.3) is 0 Å². The van der Waals surface area contributed by atoms with Crippen LogP contribution in [0.15, 0.2) is 41.7 Å². The highest BCUT2D eigenvalue weighted by Crippen LogP contribution is 2.29. The molecule has 2 heterocycles. The van der Waals surface area contributed by atoms with E-state index >= 15 is 0 Å².